The number of aromatic nitrogens is 1. The molecule has 1 aliphatic carbocycles. The Morgan fingerprint density at radius 3 is 2.89 bits per heavy atom. The molecule has 2 rings (SSSR count). The summed E-state index contributed by atoms with van der Waals surface area (Å²) in [5.74, 6) is 3.11. The van der Waals surface area contributed by atoms with E-state index in [2.05, 4.69) is 10.9 Å². The number of aryl methyl sites for hydroxylation is 1. The second kappa shape index (κ2) is 6.08. The maximum absolute atomic E-state index is 12.5. The van der Waals surface area contributed by atoms with E-state index in [0.29, 0.717) is 23.2 Å². The first-order chi connectivity index (χ1) is 9.13. The Labute approximate surface area is 119 Å². The van der Waals surface area contributed by atoms with Crippen molar-refractivity contribution in [1.29, 1.82) is 0 Å². The summed E-state index contributed by atoms with van der Waals surface area (Å²) >= 11 is 5.95. The molecular weight excluding hydrogens is 260 g/mol. The van der Waals surface area contributed by atoms with Crippen LogP contribution >= 0.6 is 11.6 Å². The van der Waals surface area contributed by atoms with Gasteiger partial charge < -0.3 is 4.90 Å². The van der Waals surface area contributed by atoms with Gasteiger partial charge in [0, 0.05) is 17.8 Å². The third kappa shape index (κ3) is 3.71. The van der Waals surface area contributed by atoms with Crippen molar-refractivity contribution < 1.29 is 4.79 Å². The minimum atomic E-state index is -0.0520. The van der Waals surface area contributed by atoms with Gasteiger partial charge in [-0.2, -0.15) is 0 Å². The van der Waals surface area contributed by atoms with E-state index in [1.165, 1.54) is 12.8 Å². The van der Waals surface area contributed by atoms with Crippen LogP contribution in [-0.2, 0) is 6.42 Å². The van der Waals surface area contributed by atoms with Crippen molar-refractivity contribution in [3.8, 4) is 12.3 Å². The summed E-state index contributed by atoms with van der Waals surface area (Å²) in [7, 11) is 0. The van der Waals surface area contributed by atoms with Crippen LogP contribution in [0.15, 0.2) is 12.1 Å². The molecular formula is C15H17ClN2O. The summed E-state index contributed by atoms with van der Waals surface area (Å²) in [4.78, 5) is 18.4. The van der Waals surface area contributed by atoms with E-state index in [-0.39, 0.29) is 5.91 Å². The monoisotopic (exact) mass is 276 g/mol. The molecule has 0 bridgehead atoms. The summed E-state index contributed by atoms with van der Waals surface area (Å²) in [6, 6.07) is 3.41. The van der Waals surface area contributed by atoms with Gasteiger partial charge in [0.2, 0.25) is 0 Å². The first kappa shape index (κ1) is 13.9. The quantitative estimate of drug-likeness (QED) is 0.612. The molecule has 1 saturated carbocycles. The molecule has 0 saturated heterocycles. The zero-order valence-corrected chi connectivity index (χ0v) is 11.8. The number of nitrogens with zero attached hydrogens (tertiary/aromatic N) is 2. The third-order valence-corrected chi connectivity index (χ3v) is 3.39. The molecule has 19 heavy (non-hydrogen) atoms. The molecule has 100 valence electrons. The zero-order valence-electron chi connectivity index (χ0n) is 11.0. The third-order valence-electron chi connectivity index (χ3n) is 3.20. The van der Waals surface area contributed by atoms with Crippen LogP contribution in [-0.4, -0.2) is 28.9 Å². The SMILES string of the molecule is C#CCN(CC1CC1)C(=O)c1cc(Cl)nc(CC)c1. The molecule has 0 unspecified atom stereocenters. The summed E-state index contributed by atoms with van der Waals surface area (Å²) in [6.45, 7) is 3.07. The fourth-order valence-corrected chi connectivity index (χ4v) is 2.21. The number of hydrogen-bond acceptors (Lipinski definition) is 2. The van der Waals surface area contributed by atoms with Gasteiger partial charge in [0.15, 0.2) is 0 Å². The minimum Gasteiger partial charge on any atom is -0.327 e. The fourth-order valence-electron chi connectivity index (χ4n) is 1.98. The Morgan fingerprint density at radius 1 is 1.58 bits per heavy atom. The Kier molecular flexibility index (Phi) is 4.44. The first-order valence-electron chi connectivity index (χ1n) is 6.53. The van der Waals surface area contributed by atoms with Crippen LogP contribution in [0.25, 0.3) is 0 Å². The molecule has 1 amide bonds. The second-order valence-electron chi connectivity index (χ2n) is 4.86. The van der Waals surface area contributed by atoms with Crippen LogP contribution in [0.4, 0.5) is 0 Å². The minimum absolute atomic E-state index is 0.0520. The van der Waals surface area contributed by atoms with Gasteiger partial charge in [0.1, 0.15) is 5.15 Å². The van der Waals surface area contributed by atoms with Crippen molar-refractivity contribution in [2.45, 2.75) is 26.2 Å². The maximum Gasteiger partial charge on any atom is 0.254 e. The van der Waals surface area contributed by atoms with Crippen molar-refractivity contribution in [2.75, 3.05) is 13.1 Å². The highest BCUT2D eigenvalue weighted by molar-refractivity contribution is 6.29. The summed E-state index contributed by atoms with van der Waals surface area (Å²) in [5.41, 5.74) is 1.40. The Morgan fingerprint density at radius 2 is 2.32 bits per heavy atom. The van der Waals surface area contributed by atoms with Crippen molar-refractivity contribution in [3.63, 3.8) is 0 Å². The number of amides is 1. The van der Waals surface area contributed by atoms with Crippen molar-refractivity contribution in [1.82, 2.24) is 9.88 Å². The van der Waals surface area contributed by atoms with Crippen LogP contribution in [0.5, 0.6) is 0 Å². The highest BCUT2D eigenvalue weighted by Crippen LogP contribution is 2.30. The molecule has 1 heterocycles. The molecule has 0 N–H and O–H groups in total. The number of halogens is 1. The van der Waals surface area contributed by atoms with Crippen molar-refractivity contribution in [3.05, 3.63) is 28.5 Å². The average molecular weight is 277 g/mol. The van der Waals surface area contributed by atoms with Gasteiger partial charge in [-0.3, -0.25) is 4.79 Å². The van der Waals surface area contributed by atoms with Crippen molar-refractivity contribution >= 4 is 17.5 Å². The first-order valence-corrected chi connectivity index (χ1v) is 6.91. The molecule has 1 fully saturated rings. The molecule has 0 spiro atoms. The van der Waals surface area contributed by atoms with Crippen LogP contribution in [0, 0.1) is 18.3 Å². The van der Waals surface area contributed by atoms with Gasteiger partial charge in [-0.15, -0.1) is 6.42 Å². The molecule has 0 radical (unpaired) electrons. The lowest BCUT2D eigenvalue weighted by molar-refractivity contribution is 0.0769. The summed E-state index contributed by atoms with van der Waals surface area (Å²) in [6.07, 6.45) is 8.47. The van der Waals surface area contributed by atoms with E-state index in [1.54, 1.807) is 17.0 Å². The van der Waals surface area contributed by atoms with Gasteiger partial charge in [0.25, 0.3) is 5.91 Å². The summed E-state index contributed by atoms with van der Waals surface area (Å²) in [5, 5.41) is 0.356. The molecule has 0 atom stereocenters. The normalized spacial score (nSPS) is 13.9. The maximum atomic E-state index is 12.5. The molecule has 1 aliphatic rings. The lowest BCUT2D eigenvalue weighted by Gasteiger charge is -2.20. The highest BCUT2D eigenvalue weighted by atomic mass is 35.5. The van der Waals surface area contributed by atoms with Crippen LogP contribution < -0.4 is 0 Å². The molecule has 4 heteroatoms. The van der Waals surface area contributed by atoms with Gasteiger partial charge >= 0.3 is 0 Å². The smallest absolute Gasteiger partial charge is 0.254 e. The molecule has 1 aromatic heterocycles. The van der Waals surface area contributed by atoms with Gasteiger partial charge in [-0.25, -0.2) is 4.98 Å². The van der Waals surface area contributed by atoms with E-state index >= 15 is 0 Å². The van der Waals surface area contributed by atoms with E-state index in [1.807, 2.05) is 6.92 Å². The Bertz CT molecular complexity index is 517. The highest BCUT2D eigenvalue weighted by Gasteiger charge is 2.27. The standard InChI is InChI=1S/C15H17ClN2O/c1-3-7-18(10-11-5-6-11)15(19)12-8-13(4-2)17-14(16)9-12/h1,8-9,11H,4-7,10H2,2H3. The summed E-state index contributed by atoms with van der Waals surface area (Å²) < 4.78 is 0. The predicted molar refractivity (Wildman–Crippen MR) is 76.1 cm³/mol. The topological polar surface area (TPSA) is 33.2 Å². The van der Waals surface area contributed by atoms with Gasteiger partial charge in [-0.1, -0.05) is 24.4 Å². The number of hydrogen-bond donors (Lipinski definition) is 0. The zero-order chi connectivity index (χ0) is 13.8. The van der Waals surface area contributed by atoms with Crippen LogP contribution in [0.3, 0.4) is 0 Å². The molecule has 3 nitrogen and oxygen atoms in total. The lowest BCUT2D eigenvalue weighted by Crippen LogP contribution is -2.33. The molecule has 0 aromatic carbocycles. The van der Waals surface area contributed by atoms with Crippen LogP contribution in [0.1, 0.15) is 35.8 Å². The number of pyridine rings is 1. The number of rotatable bonds is 5. The average Bonchev–Trinajstić information content (AvgIpc) is 3.20. The number of carbonyl (C=O) groups excluding carboxylic acids is 1. The molecule has 1 aromatic rings. The number of terminal acetylenes is 1. The Balaban J connectivity index is 2.19. The van der Waals surface area contributed by atoms with E-state index in [4.69, 9.17) is 18.0 Å². The fraction of sp³-hybridized carbons (Fsp3) is 0.467. The van der Waals surface area contributed by atoms with E-state index in [9.17, 15) is 4.79 Å². The lowest BCUT2D eigenvalue weighted by atomic mass is 10.1. The Hall–Kier alpha value is -1.53. The predicted octanol–water partition coefficient (Wildman–Crippen LogP) is 2.78. The second-order valence-corrected chi connectivity index (χ2v) is 5.24. The van der Waals surface area contributed by atoms with Gasteiger partial charge in [0.05, 0.1) is 6.54 Å². The number of carbonyl (C=O) groups is 1. The van der Waals surface area contributed by atoms with E-state index < -0.39 is 0 Å². The largest absolute Gasteiger partial charge is 0.327 e. The van der Waals surface area contributed by atoms with Gasteiger partial charge in [-0.05, 0) is 37.3 Å². The van der Waals surface area contributed by atoms with Crippen molar-refractivity contribution in [2.24, 2.45) is 5.92 Å². The van der Waals surface area contributed by atoms with E-state index in [0.717, 1.165) is 18.7 Å². The molecule has 0 aliphatic heterocycles. The van der Waals surface area contributed by atoms with Crippen LogP contribution in [0.2, 0.25) is 5.15 Å².